The second-order valence-electron chi connectivity index (χ2n) is 2.02. The third-order valence-electron chi connectivity index (χ3n) is 1.26. The minimum Gasteiger partial charge on any atom is -0.358 e. The van der Waals surface area contributed by atoms with Crippen molar-refractivity contribution in [1.29, 1.82) is 0 Å². The first kappa shape index (κ1) is 14.7. The number of rotatable bonds is 1. The molecule has 0 N–H and O–H groups in total. The van der Waals surface area contributed by atoms with Crippen LogP contribution in [0, 0.1) is 14.4 Å². The Bertz CT molecular complexity index is 181. The molecule has 0 aromatic heterocycles. The average molecular weight is 192 g/mol. The van der Waals surface area contributed by atoms with Crippen molar-refractivity contribution < 1.29 is 51.4 Å². The van der Waals surface area contributed by atoms with Gasteiger partial charge in [-0.15, -0.1) is 11.8 Å². The van der Waals surface area contributed by atoms with Crippen molar-refractivity contribution in [2.24, 2.45) is 0 Å². The van der Waals surface area contributed by atoms with Crippen LogP contribution in [0.5, 0.6) is 0 Å². The van der Waals surface area contributed by atoms with Crippen molar-refractivity contribution >= 4 is 11.8 Å². The first-order valence-corrected chi connectivity index (χ1v) is 4.16. The fourth-order valence-electron chi connectivity index (χ4n) is 0.674. The minimum absolute atomic E-state index is 0. The van der Waals surface area contributed by atoms with Crippen LogP contribution in [0.1, 0.15) is 5.56 Å². The molecule has 0 saturated carbocycles. The molecular weight excluding hydrogens is 179 g/mol. The summed E-state index contributed by atoms with van der Waals surface area (Å²) in [6, 6.07) is 8.54. The third-order valence-corrected chi connectivity index (χ3v) is 2.00. The molecule has 0 atom stereocenters. The standard InChI is InChI=1S/C8H10S.CH3.K/c1-7-3-5-8(9-2)6-4-7;;/h3-6H,1-2H3;1H3;/q;-1;+1. The van der Waals surface area contributed by atoms with Crippen molar-refractivity contribution in [2.75, 3.05) is 6.26 Å². The van der Waals surface area contributed by atoms with E-state index in [1.165, 1.54) is 10.5 Å². The monoisotopic (exact) mass is 192 g/mol. The van der Waals surface area contributed by atoms with Crippen LogP contribution in [0.4, 0.5) is 0 Å². The molecule has 1 rings (SSSR count). The van der Waals surface area contributed by atoms with Gasteiger partial charge in [0.15, 0.2) is 0 Å². The summed E-state index contributed by atoms with van der Waals surface area (Å²) in [7, 11) is 0. The van der Waals surface area contributed by atoms with Crippen LogP contribution in [-0.4, -0.2) is 6.26 Å². The summed E-state index contributed by atoms with van der Waals surface area (Å²) in [4.78, 5) is 1.33. The predicted octanol–water partition coefficient (Wildman–Crippen LogP) is 0.171. The zero-order valence-electron chi connectivity index (χ0n) is 7.72. The first-order valence-electron chi connectivity index (χ1n) is 2.93. The molecule has 11 heavy (non-hydrogen) atoms. The van der Waals surface area contributed by atoms with E-state index >= 15 is 0 Å². The van der Waals surface area contributed by atoms with Gasteiger partial charge < -0.3 is 7.43 Å². The fourth-order valence-corrected chi connectivity index (χ4v) is 1.08. The summed E-state index contributed by atoms with van der Waals surface area (Å²) < 4.78 is 0. The van der Waals surface area contributed by atoms with E-state index in [2.05, 4.69) is 37.4 Å². The summed E-state index contributed by atoms with van der Waals surface area (Å²) in [5.74, 6) is 0. The first-order chi connectivity index (χ1) is 4.33. The molecular formula is C9H13KS. The van der Waals surface area contributed by atoms with E-state index in [-0.39, 0.29) is 58.8 Å². The predicted molar refractivity (Wildman–Crippen MR) is 49.4 cm³/mol. The van der Waals surface area contributed by atoms with Gasteiger partial charge in [-0.25, -0.2) is 0 Å². The SMILES string of the molecule is CSc1ccc(C)cc1.[CH3-].[K+]. The molecule has 0 aliphatic heterocycles. The number of thioether (sulfide) groups is 1. The molecule has 0 radical (unpaired) electrons. The van der Waals surface area contributed by atoms with Crippen LogP contribution in [-0.2, 0) is 0 Å². The Morgan fingerprint density at radius 3 is 1.91 bits per heavy atom. The van der Waals surface area contributed by atoms with E-state index in [1.807, 2.05) is 0 Å². The van der Waals surface area contributed by atoms with Gasteiger partial charge in [0.1, 0.15) is 0 Å². The van der Waals surface area contributed by atoms with Gasteiger partial charge in [0.2, 0.25) is 0 Å². The Kier molecular flexibility index (Phi) is 10.5. The largest absolute Gasteiger partial charge is 1.00 e. The molecule has 0 heterocycles. The maximum absolute atomic E-state index is 2.14. The molecule has 0 amide bonds. The molecule has 0 saturated heterocycles. The number of benzene rings is 1. The van der Waals surface area contributed by atoms with Crippen molar-refractivity contribution in [3.05, 3.63) is 37.3 Å². The van der Waals surface area contributed by atoms with Gasteiger partial charge in [-0.05, 0) is 25.3 Å². The van der Waals surface area contributed by atoms with Gasteiger partial charge in [-0.3, -0.25) is 0 Å². The van der Waals surface area contributed by atoms with Gasteiger partial charge in [0.25, 0.3) is 0 Å². The summed E-state index contributed by atoms with van der Waals surface area (Å²) >= 11 is 1.78. The molecule has 56 valence electrons. The van der Waals surface area contributed by atoms with Crippen LogP contribution < -0.4 is 51.4 Å². The number of aryl methyl sites for hydroxylation is 1. The van der Waals surface area contributed by atoms with Crippen molar-refractivity contribution in [1.82, 2.24) is 0 Å². The Morgan fingerprint density at radius 1 is 1.09 bits per heavy atom. The van der Waals surface area contributed by atoms with Crippen LogP contribution in [0.3, 0.4) is 0 Å². The Morgan fingerprint density at radius 2 is 1.55 bits per heavy atom. The zero-order chi connectivity index (χ0) is 6.69. The van der Waals surface area contributed by atoms with Gasteiger partial charge in [0, 0.05) is 4.90 Å². The Hall–Kier alpha value is 1.21. The summed E-state index contributed by atoms with van der Waals surface area (Å²) in [6.45, 7) is 2.10. The molecule has 1 aromatic rings. The number of hydrogen-bond donors (Lipinski definition) is 0. The van der Waals surface area contributed by atoms with Crippen LogP contribution >= 0.6 is 11.8 Å². The summed E-state index contributed by atoms with van der Waals surface area (Å²) in [6.07, 6.45) is 2.09. The average Bonchev–Trinajstić information content (AvgIpc) is 1.90. The Balaban J connectivity index is 0. The van der Waals surface area contributed by atoms with Crippen LogP contribution in [0.15, 0.2) is 29.2 Å². The van der Waals surface area contributed by atoms with E-state index in [0.717, 1.165) is 0 Å². The molecule has 0 spiro atoms. The van der Waals surface area contributed by atoms with Crippen LogP contribution in [0.2, 0.25) is 0 Å². The van der Waals surface area contributed by atoms with Crippen molar-refractivity contribution in [3.8, 4) is 0 Å². The smallest absolute Gasteiger partial charge is 0.358 e. The van der Waals surface area contributed by atoms with Crippen molar-refractivity contribution in [3.63, 3.8) is 0 Å². The maximum atomic E-state index is 2.14. The Labute approximate surface area is 117 Å². The van der Waals surface area contributed by atoms with Gasteiger partial charge in [-0.2, -0.15) is 0 Å². The van der Waals surface area contributed by atoms with Crippen LogP contribution in [0.25, 0.3) is 0 Å². The van der Waals surface area contributed by atoms with Gasteiger partial charge in [-0.1, -0.05) is 17.7 Å². The normalized spacial score (nSPS) is 7.82. The van der Waals surface area contributed by atoms with E-state index in [0.29, 0.717) is 0 Å². The third kappa shape index (κ3) is 5.45. The van der Waals surface area contributed by atoms with Gasteiger partial charge in [0.05, 0.1) is 0 Å². The molecule has 0 aliphatic rings. The number of hydrogen-bond acceptors (Lipinski definition) is 1. The fraction of sp³-hybridized carbons (Fsp3) is 0.222. The zero-order valence-corrected chi connectivity index (χ0v) is 11.7. The van der Waals surface area contributed by atoms with E-state index in [9.17, 15) is 0 Å². The quantitative estimate of drug-likeness (QED) is 0.347. The van der Waals surface area contributed by atoms with E-state index in [1.54, 1.807) is 11.8 Å². The molecule has 0 bridgehead atoms. The van der Waals surface area contributed by atoms with Gasteiger partial charge >= 0.3 is 51.4 Å². The summed E-state index contributed by atoms with van der Waals surface area (Å²) in [5, 5.41) is 0. The second-order valence-corrected chi connectivity index (χ2v) is 2.90. The second kappa shape index (κ2) is 7.83. The summed E-state index contributed by atoms with van der Waals surface area (Å²) in [5.41, 5.74) is 1.33. The molecule has 0 aliphatic carbocycles. The van der Waals surface area contributed by atoms with E-state index < -0.39 is 0 Å². The van der Waals surface area contributed by atoms with Crippen molar-refractivity contribution in [2.45, 2.75) is 11.8 Å². The molecule has 2 heteroatoms. The molecule has 1 aromatic carbocycles. The maximum Gasteiger partial charge on any atom is 1.00 e. The van der Waals surface area contributed by atoms with E-state index in [4.69, 9.17) is 0 Å². The minimum atomic E-state index is 0. The topological polar surface area (TPSA) is 0 Å². The molecule has 0 unspecified atom stereocenters. The molecule has 0 fully saturated rings. The molecule has 0 nitrogen and oxygen atoms in total.